The molecule has 0 fully saturated rings. The molecule has 3 N–H and O–H groups in total. The van der Waals surface area contributed by atoms with Crippen molar-refractivity contribution in [1.82, 2.24) is 10.3 Å². The van der Waals surface area contributed by atoms with E-state index in [1.54, 1.807) is 6.20 Å². The molecular weight excluding hydrogens is 266 g/mol. The average molecular weight is 290 g/mol. The van der Waals surface area contributed by atoms with Crippen molar-refractivity contribution in [2.45, 2.75) is 46.6 Å². The summed E-state index contributed by atoms with van der Waals surface area (Å²) < 4.78 is 5.44. The van der Waals surface area contributed by atoms with Crippen molar-refractivity contribution in [1.29, 1.82) is 0 Å². The molecule has 0 aliphatic rings. The normalized spacial score (nSPS) is 10.9. The smallest absolute Gasteiger partial charge is 0.227 e. The number of nitrogens with two attached hydrogens (primary N) is 1. The molecule has 1 rings (SSSR count). The van der Waals surface area contributed by atoms with Gasteiger partial charge in [-0.05, 0) is 12.8 Å². The first-order chi connectivity index (χ1) is 8.61. The number of aryl methyl sites for hydroxylation is 1. The minimum absolute atomic E-state index is 0. The lowest BCUT2D eigenvalue weighted by Gasteiger charge is -2.28. The molecule has 0 unspecified atom stereocenters. The maximum absolute atomic E-state index is 12.1. The van der Waals surface area contributed by atoms with E-state index in [4.69, 9.17) is 10.2 Å². The summed E-state index contributed by atoms with van der Waals surface area (Å²) in [4.78, 5) is 16.3. The third kappa shape index (κ3) is 4.21. The van der Waals surface area contributed by atoms with Gasteiger partial charge in [-0.1, -0.05) is 20.8 Å². The molecule has 0 saturated heterocycles. The Hall–Kier alpha value is -1.07. The Morgan fingerprint density at radius 2 is 2.05 bits per heavy atom. The Bertz CT molecular complexity index is 381. The quantitative estimate of drug-likeness (QED) is 0.805. The lowest BCUT2D eigenvalue weighted by atomic mass is 9.81. The van der Waals surface area contributed by atoms with Crippen molar-refractivity contribution in [2.24, 2.45) is 11.1 Å². The first-order valence-electron chi connectivity index (χ1n) is 6.53. The van der Waals surface area contributed by atoms with Crippen molar-refractivity contribution >= 4 is 18.3 Å². The summed E-state index contributed by atoms with van der Waals surface area (Å²) in [5, 5.41) is 2.85. The lowest BCUT2D eigenvalue weighted by Crippen LogP contribution is -2.45. The molecule has 0 radical (unpaired) electrons. The van der Waals surface area contributed by atoms with Crippen LogP contribution in [0.2, 0.25) is 0 Å². The van der Waals surface area contributed by atoms with Crippen molar-refractivity contribution in [3.63, 3.8) is 0 Å². The number of rotatable bonds is 7. The number of nitrogens with zero attached hydrogens (tertiary/aromatic N) is 1. The van der Waals surface area contributed by atoms with Crippen LogP contribution in [-0.2, 0) is 17.8 Å². The fourth-order valence-electron chi connectivity index (χ4n) is 1.89. The first kappa shape index (κ1) is 17.9. The third-order valence-electron chi connectivity index (χ3n) is 3.58. The Labute approximate surface area is 120 Å². The average Bonchev–Trinajstić information content (AvgIpc) is 2.87. The van der Waals surface area contributed by atoms with E-state index in [1.807, 2.05) is 20.8 Å². The molecule has 6 heteroatoms. The zero-order valence-electron chi connectivity index (χ0n) is 11.9. The van der Waals surface area contributed by atoms with Gasteiger partial charge in [0.15, 0.2) is 0 Å². The highest BCUT2D eigenvalue weighted by Crippen LogP contribution is 2.25. The molecule has 0 atom stereocenters. The van der Waals surface area contributed by atoms with Crippen LogP contribution < -0.4 is 11.1 Å². The molecule has 1 aromatic heterocycles. The Morgan fingerprint density at radius 3 is 2.47 bits per heavy atom. The minimum atomic E-state index is -0.472. The number of carbonyl (C=O) groups is 1. The summed E-state index contributed by atoms with van der Waals surface area (Å²) >= 11 is 0. The van der Waals surface area contributed by atoms with E-state index >= 15 is 0 Å². The molecule has 0 saturated carbocycles. The van der Waals surface area contributed by atoms with Gasteiger partial charge in [0.05, 0.1) is 18.2 Å². The van der Waals surface area contributed by atoms with Gasteiger partial charge in [-0.2, -0.15) is 0 Å². The Kier molecular flexibility index (Phi) is 7.71. The van der Waals surface area contributed by atoms with Gasteiger partial charge in [-0.15, -0.1) is 12.4 Å². The van der Waals surface area contributed by atoms with Crippen LogP contribution in [0.4, 0.5) is 0 Å². The highest BCUT2D eigenvalue weighted by atomic mass is 35.5. The van der Waals surface area contributed by atoms with Crippen LogP contribution in [0, 0.1) is 5.41 Å². The predicted molar refractivity (Wildman–Crippen MR) is 77.0 cm³/mol. The number of aromatic nitrogens is 1. The van der Waals surface area contributed by atoms with E-state index < -0.39 is 5.41 Å². The molecule has 0 aromatic carbocycles. The fourth-order valence-corrected chi connectivity index (χ4v) is 1.89. The van der Waals surface area contributed by atoms with Crippen LogP contribution in [0.15, 0.2) is 10.6 Å². The second-order valence-electron chi connectivity index (χ2n) is 4.45. The molecule has 19 heavy (non-hydrogen) atoms. The highest BCUT2D eigenvalue weighted by molar-refractivity contribution is 5.85. The zero-order valence-corrected chi connectivity index (χ0v) is 12.7. The van der Waals surface area contributed by atoms with E-state index in [2.05, 4.69) is 10.3 Å². The van der Waals surface area contributed by atoms with Crippen LogP contribution >= 0.6 is 12.4 Å². The van der Waals surface area contributed by atoms with Crippen LogP contribution in [0.1, 0.15) is 45.3 Å². The van der Waals surface area contributed by atoms with E-state index in [9.17, 15) is 4.79 Å². The van der Waals surface area contributed by atoms with Crippen molar-refractivity contribution in [3.8, 4) is 0 Å². The lowest BCUT2D eigenvalue weighted by molar-refractivity contribution is -0.131. The number of carbonyl (C=O) groups excluding carboxylic acids is 1. The summed E-state index contributed by atoms with van der Waals surface area (Å²) in [6.45, 7) is 6.64. The third-order valence-corrected chi connectivity index (χ3v) is 3.58. The van der Waals surface area contributed by atoms with Gasteiger partial charge in [-0.3, -0.25) is 4.79 Å². The summed E-state index contributed by atoms with van der Waals surface area (Å²) in [7, 11) is 0. The summed E-state index contributed by atoms with van der Waals surface area (Å²) in [5.74, 6) is 1.35. The molecule has 0 aliphatic carbocycles. The van der Waals surface area contributed by atoms with Gasteiger partial charge in [0.25, 0.3) is 0 Å². The van der Waals surface area contributed by atoms with Gasteiger partial charge in [-0.25, -0.2) is 4.98 Å². The number of hydrogen-bond acceptors (Lipinski definition) is 4. The fraction of sp³-hybridized carbons (Fsp3) is 0.692. The molecule has 5 nitrogen and oxygen atoms in total. The summed E-state index contributed by atoms with van der Waals surface area (Å²) in [5.41, 5.74) is 5.25. The minimum Gasteiger partial charge on any atom is -0.444 e. The standard InChI is InChI=1S/C13H23N3O2.ClH/c1-4-10-7-15-11(18-10)8-16-12(17)13(5-2,6-3)9-14;/h7H,4-6,8-9,14H2,1-3H3,(H,16,17);1H. The second-order valence-corrected chi connectivity index (χ2v) is 4.45. The molecule has 1 aromatic rings. The van der Waals surface area contributed by atoms with Crippen LogP contribution in [0.3, 0.4) is 0 Å². The van der Waals surface area contributed by atoms with E-state index in [1.165, 1.54) is 0 Å². The molecule has 1 amide bonds. The molecule has 0 aliphatic heterocycles. The molecule has 110 valence electrons. The Morgan fingerprint density at radius 1 is 1.42 bits per heavy atom. The van der Waals surface area contributed by atoms with Crippen molar-refractivity contribution < 1.29 is 9.21 Å². The van der Waals surface area contributed by atoms with Crippen molar-refractivity contribution in [2.75, 3.05) is 6.54 Å². The zero-order chi connectivity index (χ0) is 13.6. The number of amides is 1. The largest absolute Gasteiger partial charge is 0.444 e. The predicted octanol–water partition coefficient (Wildman–Crippen LogP) is 2.04. The number of halogens is 1. The topological polar surface area (TPSA) is 81.2 Å². The molecular formula is C13H24ClN3O2. The maximum atomic E-state index is 12.1. The first-order valence-corrected chi connectivity index (χ1v) is 6.53. The van der Waals surface area contributed by atoms with E-state index in [0.717, 1.165) is 25.0 Å². The Balaban J connectivity index is 0.00000324. The van der Waals surface area contributed by atoms with Gasteiger partial charge < -0.3 is 15.5 Å². The number of hydrogen-bond donors (Lipinski definition) is 2. The molecule has 0 bridgehead atoms. The molecule has 1 heterocycles. The SMILES string of the molecule is CCc1cnc(CNC(=O)C(CC)(CC)CN)o1.Cl. The van der Waals surface area contributed by atoms with Gasteiger partial charge in [0.2, 0.25) is 11.8 Å². The summed E-state index contributed by atoms with van der Waals surface area (Å²) in [6, 6.07) is 0. The summed E-state index contributed by atoms with van der Waals surface area (Å²) in [6.07, 6.45) is 3.96. The second kappa shape index (κ2) is 8.17. The monoisotopic (exact) mass is 289 g/mol. The molecule has 0 spiro atoms. The van der Waals surface area contributed by atoms with Gasteiger partial charge in [0, 0.05) is 13.0 Å². The number of oxazole rings is 1. The van der Waals surface area contributed by atoms with Gasteiger partial charge in [0.1, 0.15) is 5.76 Å². The van der Waals surface area contributed by atoms with Crippen LogP contribution in [0.5, 0.6) is 0 Å². The van der Waals surface area contributed by atoms with Gasteiger partial charge >= 0.3 is 0 Å². The van der Waals surface area contributed by atoms with E-state index in [0.29, 0.717) is 19.0 Å². The number of nitrogens with one attached hydrogen (secondary N) is 1. The van der Waals surface area contributed by atoms with Crippen molar-refractivity contribution in [3.05, 3.63) is 17.8 Å². The highest BCUT2D eigenvalue weighted by Gasteiger charge is 2.33. The van der Waals surface area contributed by atoms with Crippen LogP contribution in [-0.4, -0.2) is 17.4 Å². The van der Waals surface area contributed by atoms with E-state index in [-0.39, 0.29) is 18.3 Å². The maximum Gasteiger partial charge on any atom is 0.227 e. The van der Waals surface area contributed by atoms with Crippen LogP contribution in [0.25, 0.3) is 0 Å².